The number of halogens is 1. The molecular weight excluding hydrogens is 334 g/mol. The number of likely N-dealkylation sites (tertiary alicyclic amines) is 1. The summed E-state index contributed by atoms with van der Waals surface area (Å²) in [6.07, 6.45) is 1.92. The fourth-order valence-electron chi connectivity index (χ4n) is 2.93. The summed E-state index contributed by atoms with van der Waals surface area (Å²) in [6, 6.07) is 5.53. The van der Waals surface area contributed by atoms with Crippen molar-refractivity contribution in [2.45, 2.75) is 33.1 Å². The van der Waals surface area contributed by atoms with Crippen molar-refractivity contribution < 1.29 is 14.7 Å². The molecule has 4 nitrogen and oxygen atoms in total. The first-order chi connectivity index (χ1) is 9.91. The summed E-state index contributed by atoms with van der Waals surface area (Å²) in [4.78, 5) is 26.0. The zero-order chi connectivity index (χ0) is 15.6. The molecule has 1 heterocycles. The lowest BCUT2D eigenvalue weighted by molar-refractivity contribution is -0.152. The van der Waals surface area contributed by atoms with Crippen LogP contribution in [0.25, 0.3) is 0 Å². The number of benzene rings is 1. The zero-order valence-electron chi connectivity index (χ0n) is 12.4. The van der Waals surface area contributed by atoms with Gasteiger partial charge in [0.05, 0.1) is 5.41 Å². The largest absolute Gasteiger partial charge is 0.481 e. The van der Waals surface area contributed by atoms with Crippen molar-refractivity contribution in [3.63, 3.8) is 0 Å². The number of carboxylic acids is 1. The van der Waals surface area contributed by atoms with Crippen LogP contribution in [0.2, 0.25) is 0 Å². The van der Waals surface area contributed by atoms with E-state index in [0.29, 0.717) is 31.5 Å². The van der Waals surface area contributed by atoms with Crippen molar-refractivity contribution >= 4 is 27.8 Å². The Balaban J connectivity index is 2.27. The quantitative estimate of drug-likeness (QED) is 0.904. The van der Waals surface area contributed by atoms with Crippen LogP contribution < -0.4 is 0 Å². The molecule has 1 atom stereocenters. The summed E-state index contributed by atoms with van der Waals surface area (Å²) >= 11 is 3.43. The van der Waals surface area contributed by atoms with Crippen molar-refractivity contribution in [2.24, 2.45) is 5.41 Å². The van der Waals surface area contributed by atoms with E-state index >= 15 is 0 Å². The second kappa shape index (κ2) is 6.18. The molecule has 1 amide bonds. The molecule has 0 radical (unpaired) electrons. The average molecular weight is 354 g/mol. The Morgan fingerprint density at radius 2 is 2.14 bits per heavy atom. The number of piperidine rings is 1. The molecule has 1 unspecified atom stereocenters. The number of carbonyl (C=O) groups excluding carboxylic acids is 1. The molecule has 0 bridgehead atoms. The highest BCUT2D eigenvalue weighted by Crippen LogP contribution is 2.34. The lowest BCUT2D eigenvalue weighted by Gasteiger charge is -2.39. The third-order valence-corrected chi connectivity index (χ3v) is 5.35. The van der Waals surface area contributed by atoms with Gasteiger partial charge >= 0.3 is 5.97 Å². The van der Waals surface area contributed by atoms with Crippen LogP contribution in [-0.2, 0) is 4.79 Å². The Labute approximate surface area is 133 Å². The summed E-state index contributed by atoms with van der Waals surface area (Å²) in [5, 5.41) is 9.51. The highest BCUT2D eigenvalue weighted by atomic mass is 79.9. The van der Waals surface area contributed by atoms with Gasteiger partial charge < -0.3 is 10.0 Å². The Kier molecular flexibility index (Phi) is 4.71. The summed E-state index contributed by atoms with van der Waals surface area (Å²) in [7, 11) is 0. The Bertz CT molecular complexity index is 573. The van der Waals surface area contributed by atoms with Gasteiger partial charge in [0.2, 0.25) is 0 Å². The first kappa shape index (κ1) is 16.0. The van der Waals surface area contributed by atoms with Gasteiger partial charge in [-0.3, -0.25) is 9.59 Å². The molecule has 21 heavy (non-hydrogen) atoms. The van der Waals surface area contributed by atoms with E-state index in [-0.39, 0.29) is 5.91 Å². The molecule has 2 rings (SSSR count). The van der Waals surface area contributed by atoms with Crippen molar-refractivity contribution in [3.8, 4) is 0 Å². The fourth-order valence-corrected chi connectivity index (χ4v) is 3.30. The standard InChI is InChI=1S/C16H20BrNO3/c1-3-16(15(20)21)8-5-9-18(10-16)14(19)12-6-4-7-13(17)11(12)2/h4,6-7H,3,5,8-10H2,1-2H3,(H,20,21). The highest BCUT2D eigenvalue weighted by molar-refractivity contribution is 9.10. The van der Waals surface area contributed by atoms with Gasteiger partial charge in [0.1, 0.15) is 0 Å². The SMILES string of the molecule is CCC1(C(=O)O)CCCN(C(=O)c2cccc(Br)c2C)C1. The van der Waals surface area contributed by atoms with Gasteiger partial charge in [0.25, 0.3) is 5.91 Å². The predicted molar refractivity (Wildman–Crippen MR) is 84.4 cm³/mol. The number of carbonyl (C=O) groups is 2. The monoisotopic (exact) mass is 353 g/mol. The number of hydrogen-bond acceptors (Lipinski definition) is 2. The summed E-state index contributed by atoms with van der Waals surface area (Å²) < 4.78 is 0.894. The van der Waals surface area contributed by atoms with Gasteiger partial charge in [0.15, 0.2) is 0 Å². The number of rotatable bonds is 3. The molecule has 1 aromatic carbocycles. The molecular formula is C16H20BrNO3. The molecule has 1 N–H and O–H groups in total. The molecule has 0 aliphatic carbocycles. The van der Waals surface area contributed by atoms with Gasteiger partial charge in [-0.1, -0.05) is 28.9 Å². The average Bonchev–Trinajstić information content (AvgIpc) is 2.49. The Morgan fingerprint density at radius 1 is 1.43 bits per heavy atom. The Morgan fingerprint density at radius 3 is 2.76 bits per heavy atom. The van der Waals surface area contributed by atoms with Crippen molar-refractivity contribution in [2.75, 3.05) is 13.1 Å². The summed E-state index contributed by atoms with van der Waals surface area (Å²) in [6.45, 7) is 4.70. The predicted octanol–water partition coefficient (Wildman–Crippen LogP) is 3.47. The minimum atomic E-state index is -0.798. The molecule has 1 aliphatic heterocycles. The second-order valence-corrected chi connectivity index (χ2v) is 6.54. The van der Waals surface area contributed by atoms with Crippen LogP contribution in [0.15, 0.2) is 22.7 Å². The topological polar surface area (TPSA) is 57.6 Å². The van der Waals surface area contributed by atoms with E-state index in [4.69, 9.17) is 0 Å². The number of aliphatic carboxylic acids is 1. The van der Waals surface area contributed by atoms with E-state index in [0.717, 1.165) is 16.5 Å². The normalized spacial score (nSPS) is 22.1. The number of carboxylic acid groups (broad SMARTS) is 1. The molecule has 1 aliphatic rings. The van der Waals surface area contributed by atoms with E-state index in [9.17, 15) is 14.7 Å². The van der Waals surface area contributed by atoms with Gasteiger partial charge in [-0.25, -0.2) is 0 Å². The highest BCUT2D eigenvalue weighted by Gasteiger charge is 2.42. The second-order valence-electron chi connectivity index (χ2n) is 5.68. The number of amides is 1. The van der Waals surface area contributed by atoms with E-state index in [1.54, 1.807) is 11.0 Å². The molecule has 1 fully saturated rings. The van der Waals surface area contributed by atoms with Crippen LogP contribution in [0.5, 0.6) is 0 Å². The molecule has 0 saturated carbocycles. The van der Waals surface area contributed by atoms with Crippen molar-refractivity contribution in [1.29, 1.82) is 0 Å². The Hall–Kier alpha value is -1.36. The zero-order valence-corrected chi connectivity index (χ0v) is 13.9. The van der Waals surface area contributed by atoms with Gasteiger partial charge in [-0.05, 0) is 43.9 Å². The molecule has 5 heteroatoms. The minimum absolute atomic E-state index is 0.0763. The number of hydrogen-bond donors (Lipinski definition) is 1. The fraction of sp³-hybridized carbons (Fsp3) is 0.500. The maximum absolute atomic E-state index is 12.7. The van der Waals surface area contributed by atoms with E-state index in [1.807, 2.05) is 26.0 Å². The van der Waals surface area contributed by atoms with Crippen LogP contribution in [0, 0.1) is 12.3 Å². The lowest BCUT2D eigenvalue weighted by atomic mass is 9.77. The van der Waals surface area contributed by atoms with Crippen LogP contribution in [0.4, 0.5) is 0 Å². The minimum Gasteiger partial charge on any atom is -0.481 e. The molecule has 0 aromatic heterocycles. The molecule has 1 aromatic rings. The van der Waals surface area contributed by atoms with Crippen molar-refractivity contribution in [1.82, 2.24) is 4.90 Å². The van der Waals surface area contributed by atoms with E-state index < -0.39 is 11.4 Å². The smallest absolute Gasteiger partial charge is 0.311 e. The first-order valence-electron chi connectivity index (χ1n) is 7.19. The van der Waals surface area contributed by atoms with Crippen LogP contribution in [-0.4, -0.2) is 35.0 Å². The first-order valence-corrected chi connectivity index (χ1v) is 7.98. The molecule has 0 spiro atoms. The van der Waals surface area contributed by atoms with Crippen LogP contribution in [0.1, 0.15) is 42.1 Å². The molecule has 114 valence electrons. The lowest BCUT2D eigenvalue weighted by Crippen LogP contribution is -2.49. The van der Waals surface area contributed by atoms with Crippen LogP contribution >= 0.6 is 15.9 Å². The third-order valence-electron chi connectivity index (χ3n) is 4.49. The van der Waals surface area contributed by atoms with Crippen molar-refractivity contribution in [3.05, 3.63) is 33.8 Å². The maximum atomic E-state index is 12.7. The van der Waals surface area contributed by atoms with Gasteiger partial charge in [-0.15, -0.1) is 0 Å². The van der Waals surface area contributed by atoms with Crippen LogP contribution in [0.3, 0.4) is 0 Å². The van der Waals surface area contributed by atoms with E-state index in [2.05, 4.69) is 15.9 Å². The molecule has 1 saturated heterocycles. The number of nitrogens with zero attached hydrogens (tertiary/aromatic N) is 1. The van der Waals surface area contributed by atoms with Gasteiger partial charge in [0, 0.05) is 23.1 Å². The van der Waals surface area contributed by atoms with Gasteiger partial charge in [-0.2, -0.15) is 0 Å². The summed E-state index contributed by atoms with van der Waals surface area (Å²) in [5.74, 6) is -0.874. The van der Waals surface area contributed by atoms with E-state index in [1.165, 1.54) is 0 Å². The summed E-state index contributed by atoms with van der Waals surface area (Å²) in [5.41, 5.74) is 0.737. The maximum Gasteiger partial charge on any atom is 0.311 e. The third kappa shape index (κ3) is 2.98.